The van der Waals surface area contributed by atoms with Gasteiger partial charge < -0.3 is 10.5 Å². The van der Waals surface area contributed by atoms with Crippen LogP contribution < -0.4 is 10.5 Å². The molecular formula is C11H8F3NO2. The van der Waals surface area contributed by atoms with E-state index in [4.69, 9.17) is 5.73 Å². The largest absolute Gasteiger partial charge is 0.484 e. The lowest BCUT2D eigenvalue weighted by Gasteiger charge is -2.08. The summed E-state index contributed by atoms with van der Waals surface area (Å²) >= 11 is 0. The van der Waals surface area contributed by atoms with Crippen molar-refractivity contribution < 1.29 is 22.7 Å². The molecule has 6 heteroatoms. The summed E-state index contributed by atoms with van der Waals surface area (Å²) < 4.78 is 40.0. The summed E-state index contributed by atoms with van der Waals surface area (Å²) in [7, 11) is 0. The number of amides is 1. The SMILES string of the molecule is NC(=O)C#Cc1ccc(OCC(F)(F)F)cc1. The molecule has 0 saturated carbocycles. The smallest absolute Gasteiger partial charge is 0.422 e. The Labute approximate surface area is 95.4 Å². The average molecular weight is 243 g/mol. The van der Waals surface area contributed by atoms with Crippen LogP contribution in [0.1, 0.15) is 5.56 Å². The Balaban J connectivity index is 2.63. The standard InChI is InChI=1S/C11H8F3NO2/c12-11(13,14)7-17-9-4-1-8(2-5-9)3-6-10(15)16/h1-2,4-5H,7H2,(H2,15,16). The minimum Gasteiger partial charge on any atom is -0.484 e. The molecule has 0 heterocycles. The fourth-order valence-corrected chi connectivity index (χ4v) is 0.933. The molecule has 1 aromatic rings. The summed E-state index contributed by atoms with van der Waals surface area (Å²) in [5.41, 5.74) is 5.26. The topological polar surface area (TPSA) is 52.3 Å². The van der Waals surface area contributed by atoms with Crippen molar-refractivity contribution >= 4 is 5.91 Å². The van der Waals surface area contributed by atoms with E-state index >= 15 is 0 Å². The number of ether oxygens (including phenoxy) is 1. The minimum absolute atomic E-state index is 0.0759. The van der Waals surface area contributed by atoms with Crippen molar-refractivity contribution in [3.8, 4) is 17.6 Å². The first-order valence-corrected chi connectivity index (χ1v) is 4.48. The lowest BCUT2D eigenvalue weighted by atomic mass is 10.2. The molecule has 1 amide bonds. The zero-order valence-electron chi connectivity index (χ0n) is 8.54. The van der Waals surface area contributed by atoms with Crippen LogP contribution in [0.5, 0.6) is 5.75 Å². The lowest BCUT2D eigenvalue weighted by Crippen LogP contribution is -2.19. The molecule has 17 heavy (non-hydrogen) atoms. The third-order valence-electron chi connectivity index (χ3n) is 1.59. The highest BCUT2D eigenvalue weighted by atomic mass is 19.4. The van der Waals surface area contributed by atoms with E-state index in [1.807, 2.05) is 0 Å². The molecule has 2 N–H and O–H groups in total. The van der Waals surface area contributed by atoms with Crippen molar-refractivity contribution in [2.75, 3.05) is 6.61 Å². The number of carbonyl (C=O) groups is 1. The first kappa shape index (κ1) is 12.9. The van der Waals surface area contributed by atoms with Gasteiger partial charge in [0.25, 0.3) is 5.91 Å². The van der Waals surface area contributed by atoms with E-state index in [1.165, 1.54) is 24.3 Å². The van der Waals surface area contributed by atoms with Crippen molar-refractivity contribution in [2.24, 2.45) is 5.73 Å². The Morgan fingerprint density at radius 2 is 1.88 bits per heavy atom. The van der Waals surface area contributed by atoms with Crippen LogP contribution in [-0.4, -0.2) is 18.7 Å². The molecule has 0 saturated heterocycles. The molecule has 0 spiro atoms. The molecule has 0 aromatic heterocycles. The Kier molecular flexibility index (Phi) is 3.99. The molecule has 0 unspecified atom stereocenters. The van der Waals surface area contributed by atoms with Gasteiger partial charge in [-0.15, -0.1) is 0 Å². The highest BCUT2D eigenvalue weighted by Gasteiger charge is 2.28. The molecule has 0 fully saturated rings. The highest BCUT2D eigenvalue weighted by Crippen LogP contribution is 2.18. The van der Waals surface area contributed by atoms with E-state index < -0.39 is 18.7 Å². The molecule has 1 rings (SSSR count). The van der Waals surface area contributed by atoms with Crippen LogP contribution in [0.3, 0.4) is 0 Å². The Morgan fingerprint density at radius 3 is 2.35 bits per heavy atom. The summed E-state index contributed by atoms with van der Waals surface area (Å²) in [6, 6.07) is 5.52. The van der Waals surface area contributed by atoms with Crippen LogP contribution in [0, 0.1) is 11.8 Å². The Hall–Kier alpha value is -2.16. The van der Waals surface area contributed by atoms with Gasteiger partial charge in [-0.2, -0.15) is 13.2 Å². The minimum atomic E-state index is -4.37. The third-order valence-corrected chi connectivity index (χ3v) is 1.59. The van der Waals surface area contributed by atoms with Gasteiger partial charge in [0, 0.05) is 5.56 Å². The Morgan fingerprint density at radius 1 is 1.29 bits per heavy atom. The van der Waals surface area contributed by atoms with E-state index in [9.17, 15) is 18.0 Å². The van der Waals surface area contributed by atoms with Crippen LogP contribution in [0.25, 0.3) is 0 Å². The molecule has 0 aliphatic heterocycles. The molecule has 90 valence electrons. The van der Waals surface area contributed by atoms with Crippen LogP contribution in [0.4, 0.5) is 13.2 Å². The summed E-state index contributed by atoms with van der Waals surface area (Å²) in [5, 5.41) is 0. The van der Waals surface area contributed by atoms with E-state index in [2.05, 4.69) is 16.6 Å². The quantitative estimate of drug-likeness (QED) is 0.799. The van der Waals surface area contributed by atoms with E-state index in [0.717, 1.165) is 0 Å². The number of halogens is 3. The van der Waals surface area contributed by atoms with E-state index in [0.29, 0.717) is 5.56 Å². The summed E-state index contributed by atoms with van der Waals surface area (Å²) in [5.74, 6) is 3.85. The maximum absolute atomic E-state index is 11.8. The van der Waals surface area contributed by atoms with Gasteiger partial charge in [-0.05, 0) is 30.2 Å². The van der Waals surface area contributed by atoms with Gasteiger partial charge in [-0.1, -0.05) is 5.92 Å². The van der Waals surface area contributed by atoms with Crippen LogP contribution in [0.15, 0.2) is 24.3 Å². The lowest BCUT2D eigenvalue weighted by molar-refractivity contribution is -0.153. The second kappa shape index (κ2) is 5.25. The number of hydrogen-bond acceptors (Lipinski definition) is 2. The molecule has 0 radical (unpaired) electrons. The number of nitrogens with two attached hydrogens (primary N) is 1. The van der Waals surface area contributed by atoms with Crippen LogP contribution in [-0.2, 0) is 4.79 Å². The van der Waals surface area contributed by atoms with Crippen molar-refractivity contribution in [3.05, 3.63) is 29.8 Å². The number of rotatable bonds is 2. The van der Waals surface area contributed by atoms with Gasteiger partial charge in [0.1, 0.15) is 5.75 Å². The normalized spacial score (nSPS) is 10.3. The fraction of sp³-hybridized carbons (Fsp3) is 0.182. The maximum Gasteiger partial charge on any atom is 0.422 e. The highest BCUT2D eigenvalue weighted by molar-refractivity contribution is 5.92. The second-order valence-corrected chi connectivity index (χ2v) is 3.04. The van der Waals surface area contributed by atoms with Crippen molar-refractivity contribution in [3.63, 3.8) is 0 Å². The van der Waals surface area contributed by atoms with Crippen molar-refractivity contribution in [1.82, 2.24) is 0 Å². The van der Waals surface area contributed by atoms with Gasteiger partial charge >= 0.3 is 6.18 Å². The number of carbonyl (C=O) groups excluding carboxylic acids is 1. The maximum atomic E-state index is 11.8. The summed E-state index contributed by atoms with van der Waals surface area (Å²) in [4.78, 5) is 10.4. The second-order valence-electron chi connectivity index (χ2n) is 3.04. The van der Waals surface area contributed by atoms with Crippen molar-refractivity contribution in [1.29, 1.82) is 0 Å². The van der Waals surface area contributed by atoms with Crippen LogP contribution >= 0.6 is 0 Å². The molecule has 0 aliphatic rings. The van der Waals surface area contributed by atoms with E-state index in [-0.39, 0.29) is 5.75 Å². The van der Waals surface area contributed by atoms with Gasteiger partial charge in [-0.3, -0.25) is 4.79 Å². The first-order chi connectivity index (χ1) is 7.87. The molecule has 3 nitrogen and oxygen atoms in total. The number of hydrogen-bond donors (Lipinski definition) is 1. The molecule has 1 aromatic carbocycles. The van der Waals surface area contributed by atoms with Gasteiger partial charge in [0.05, 0.1) is 0 Å². The zero-order chi connectivity index (χ0) is 12.9. The summed E-state index contributed by atoms with van der Waals surface area (Å²) in [6.07, 6.45) is -4.37. The molecule has 0 bridgehead atoms. The summed E-state index contributed by atoms with van der Waals surface area (Å²) in [6.45, 7) is -1.35. The van der Waals surface area contributed by atoms with E-state index in [1.54, 1.807) is 0 Å². The Bertz CT molecular complexity index is 454. The predicted molar refractivity (Wildman–Crippen MR) is 54.1 cm³/mol. The monoisotopic (exact) mass is 243 g/mol. The fourth-order valence-electron chi connectivity index (χ4n) is 0.933. The van der Waals surface area contributed by atoms with Gasteiger partial charge in [0.15, 0.2) is 6.61 Å². The zero-order valence-corrected chi connectivity index (χ0v) is 8.54. The van der Waals surface area contributed by atoms with Gasteiger partial charge in [-0.25, -0.2) is 0 Å². The average Bonchev–Trinajstić information content (AvgIpc) is 2.24. The van der Waals surface area contributed by atoms with Gasteiger partial charge in [0.2, 0.25) is 0 Å². The van der Waals surface area contributed by atoms with Crippen LogP contribution in [0.2, 0.25) is 0 Å². The number of alkyl halides is 3. The number of benzene rings is 1. The third kappa shape index (κ3) is 5.47. The molecule has 0 aliphatic carbocycles. The molecular weight excluding hydrogens is 235 g/mol. The predicted octanol–water partition coefficient (Wildman–Crippen LogP) is 1.46. The first-order valence-electron chi connectivity index (χ1n) is 4.48. The number of primary amides is 1. The van der Waals surface area contributed by atoms with Crippen molar-refractivity contribution in [2.45, 2.75) is 6.18 Å². The molecule has 0 atom stereocenters.